The zero-order chi connectivity index (χ0) is 13.8. The molecule has 2 aromatic rings. The molecule has 2 N–H and O–H groups in total. The van der Waals surface area contributed by atoms with Gasteiger partial charge in [0.1, 0.15) is 0 Å². The first-order chi connectivity index (χ1) is 9.06. The average Bonchev–Trinajstić information content (AvgIpc) is 2.75. The van der Waals surface area contributed by atoms with Gasteiger partial charge in [-0.2, -0.15) is 0 Å². The van der Waals surface area contributed by atoms with E-state index in [0.717, 1.165) is 0 Å². The van der Waals surface area contributed by atoms with Gasteiger partial charge < -0.3 is 9.88 Å². The van der Waals surface area contributed by atoms with Gasteiger partial charge in [0.25, 0.3) is 5.91 Å². The minimum atomic E-state index is -0.247. The number of amides is 2. The molecule has 1 aromatic heterocycles. The molecular formula is C13H14N4O2. The summed E-state index contributed by atoms with van der Waals surface area (Å²) in [6.07, 6.45) is 3.35. The quantitative estimate of drug-likeness (QED) is 0.878. The predicted molar refractivity (Wildman–Crippen MR) is 71.9 cm³/mol. The first kappa shape index (κ1) is 12.8. The summed E-state index contributed by atoms with van der Waals surface area (Å²) in [6, 6.07) is 6.64. The van der Waals surface area contributed by atoms with Crippen molar-refractivity contribution in [2.45, 2.75) is 6.92 Å². The summed E-state index contributed by atoms with van der Waals surface area (Å²) in [5.41, 5.74) is 1.15. The maximum absolute atomic E-state index is 11.9. The lowest BCUT2D eigenvalue weighted by molar-refractivity contribution is -0.114. The zero-order valence-corrected chi connectivity index (χ0v) is 10.7. The predicted octanol–water partition coefficient (Wildman–Crippen LogP) is 1.63. The molecule has 0 unspecified atom stereocenters. The largest absolute Gasteiger partial charge is 0.326 e. The van der Waals surface area contributed by atoms with E-state index in [1.54, 1.807) is 48.3 Å². The highest BCUT2D eigenvalue weighted by atomic mass is 16.2. The molecule has 0 spiro atoms. The van der Waals surface area contributed by atoms with E-state index in [1.165, 1.54) is 6.92 Å². The van der Waals surface area contributed by atoms with E-state index in [9.17, 15) is 9.59 Å². The molecule has 0 saturated carbocycles. The van der Waals surface area contributed by atoms with Crippen LogP contribution in [0.3, 0.4) is 0 Å². The monoisotopic (exact) mass is 258 g/mol. The molecule has 0 aliphatic carbocycles. The normalized spacial score (nSPS) is 10.0. The van der Waals surface area contributed by atoms with E-state index in [1.807, 2.05) is 0 Å². The zero-order valence-electron chi connectivity index (χ0n) is 10.7. The fourth-order valence-electron chi connectivity index (χ4n) is 1.57. The molecule has 2 amide bonds. The molecule has 0 aliphatic rings. The number of imidazole rings is 1. The fraction of sp³-hybridized carbons (Fsp3) is 0.154. The lowest BCUT2D eigenvalue weighted by Crippen LogP contribution is -2.15. The van der Waals surface area contributed by atoms with Crippen LogP contribution < -0.4 is 10.6 Å². The Kier molecular flexibility index (Phi) is 3.61. The van der Waals surface area contributed by atoms with E-state index >= 15 is 0 Å². The van der Waals surface area contributed by atoms with Crippen molar-refractivity contribution in [2.75, 3.05) is 10.6 Å². The number of carbonyl (C=O) groups excluding carboxylic acids is 2. The Balaban J connectivity index is 2.07. The van der Waals surface area contributed by atoms with Crippen molar-refractivity contribution in [1.29, 1.82) is 0 Å². The molecule has 2 rings (SSSR count). The topological polar surface area (TPSA) is 76.0 Å². The number of aryl methyl sites for hydroxylation is 1. The van der Waals surface area contributed by atoms with Crippen LogP contribution in [0.4, 0.5) is 11.6 Å². The second-order valence-electron chi connectivity index (χ2n) is 4.07. The Morgan fingerprint density at radius 1 is 1.16 bits per heavy atom. The minimum absolute atomic E-state index is 0.148. The smallest absolute Gasteiger partial charge is 0.257 e. The van der Waals surface area contributed by atoms with Gasteiger partial charge in [0.15, 0.2) is 0 Å². The van der Waals surface area contributed by atoms with Gasteiger partial charge in [-0.1, -0.05) is 0 Å². The molecule has 0 radical (unpaired) electrons. The summed E-state index contributed by atoms with van der Waals surface area (Å²) in [5, 5.41) is 5.33. The van der Waals surface area contributed by atoms with Crippen molar-refractivity contribution >= 4 is 23.5 Å². The number of benzene rings is 1. The highest BCUT2D eigenvalue weighted by molar-refractivity contribution is 6.03. The van der Waals surface area contributed by atoms with Gasteiger partial charge in [-0.05, 0) is 24.3 Å². The van der Waals surface area contributed by atoms with Crippen molar-refractivity contribution in [3.05, 3.63) is 42.2 Å². The van der Waals surface area contributed by atoms with Gasteiger partial charge in [0, 0.05) is 37.6 Å². The van der Waals surface area contributed by atoms with Crippen molar-refractivity contribution in [3.63, 3.8) is 0 Å². The molecule has 0 saturated heterocycles. The Hall–Kier alpha value is -2.63. The summed E-state index contributed by atoms with van der Waals surface area (Å²) < 4.78 is 1.71. The third-order valence-corrected chi connectivity index (χ3v) is 2.51. The molecule has 1 aromatic carbocycles. The van der Waals surface area contributed by atoms with Crippen LogP contribution in [0, 0.1) is 0 Å². The number of nitrogens with one attached hydrogen (secondary N) is 2. The molecule has 0 bridgehead atoms. The number of rotatable bonds is 3. The molecule has 0 atom stereocenters. The third-order valence-electron chi connectivity index (χ3n) is 2.51. The molecule has 19 heavy (non-hydrogen) atoms. The van der Waals surface area contributed by atoms with Crippen LogP contribution in [-0.4, -0.2) is 21.4 Å². The number of carbonyl (C=O) groups is 2. The molecule has 6 heteroatoms. The van der Waals surface area contributed by atoms with E-state index in [2.05, 4.69) is 15.6 Å². The van der Waals surface area contributed by atoms with Crippen molar-refractivity contribution in [3.8, 4) is 0 Å². The summed E-state index contributed by atoms with van der Waals surface area (Å²) >= 11 is 0. The Morgan fingerprint density at radius 2 is 1.84 bits per heavy atom. The summed E-state index contributed by atoms with van der Waals surface area (Å²) in [6.45, 7) is 1.43. The van der Waals surface area contributed by atoms with E-state index in [-0.39, 0.29) is 11.8 Å². The van der Waals surface area contributed by atoms with Crippen LogP contribution >= 0.6 is 0 Å². The van der Waals surface area contributed by atoms with Crippen LogP contribution in [0.15, 0.2) is 36.7 Å². The van der Waals surface area contributed by atoms with Gasteiger partial charge in [0.05, 0.1) is 0 Å². The SMILES string of the molecule is CC(=O)Nc1ccc(C(=O)Nc2nccn2C)cc1. The molecule has 0 fully saturated rings. The fourth-order valence-corrected chi connectivity index (χ4v) is 1.57. The highest BCUT2D eigenvalue weighted by Gasteiger charge is 2.08. The maximum Gasteiger partial charge on any atom is 0.257 e. The van der Waals surface area contributed by atoms with Crippen LogP contribution in [0.5, 0.6) is 0 Å². The molecule has 6 nitrogen and oxygen atoms in total. The van der Waals surface area contributed by atoms with Gasteiger partial charge in [0.2, 0.25) is 11.9 Å². The van der Waals surface area contributed by atoms with Crippen LogP contribution in [0.1, 0.15) is 17.3 Å². The van der Waals surface area contributed by atoms with Crippen LogP contribution in [-0.2, 0) is 11.8 Å². The van der Waals surface area contributed by atoms with Gasteiger partial charge >= 0.3 is 0 Å². The van der Waals surface area contributed by atoms with Gasteiger partial charge in [-0.25, -0.2) is 4.98 Å². The maximum atomic E-state index is 11.9. The van der Waals surface area contributed by atoms with E-state index < -0.39 is 0 Å². The summed E-state index contributed by atoms with van der Waals surface area (Å²) in [7, 11) is 1.79. The van der Waals surface area contributed by atoms with E-state index in [4.69, 9.17) is 0 Å². The first-order valence-corrected chi connectivity index (χ1v) is 5.72. The highest BCUT2D eigenvalue weighted by Crippen LogP contribution is 2.11. The number of anilines is 2. The summed E-state index contributed by atoms with van der Waals surface area (Å²) in [4.78, 5) is 26.8. The van der Waals surface area contributed by atoms with Gasteiger partial charge in [-0.15, -0.1) is 0 Å². The number of hydrogen-bond donors (Lipinski definition) is 2. The minimum Gasteiger partial charge on any atom is -0.326 e. The number of aromatic nitrogens is 2. The lowest BCUT2D eigenvalue weighted by atomic mass is 10.2. The summed E-state index contributed by atoms with van der Waals surface area (Å²) in [5.74, 6) is 0.0878. The average molecular weight is 258 g/mol. The second kappa shape index (κ2) is 5.34. The van der Waals surface area contributed by atoms with Crippen molar-refractivity contribution < 1.29 is 9.59 Å². The standard InChI is InChI=1S/C13H14N4O2/c1-9(18)15-11-5-3-10(4-6-11)12(19)16-13-14-7-8-17(13)2/h3-8H,1-2H3,(H,15,18)(H,14,16,19). The van der Waals surface area contributed by atoms with Crippen molar-refractivity contribution in [1.82, 2.24) is 9.55 Å². The van der Waals surface area contributed by atoms with E-state index in [0.29, 0.717) is 17.2 Å². The second-order valence-corrected chi connectivity index (χ2v) is 4.07. The molecular weight excluding hydrogens is 244 g/mol. The molecule has 1 heterocycles. The molecule has 0 aliphatic heterocycles. The van der Waals surface area contributed by atoms with Gasteiger partial charge in [-0.3, -0.25) is 14.9 Å². The lowest BCUT2D eigenvalue weighted by Gasteiger charge is -2.06. The molecule has 98 valence electrons. The van der Waals surface area contributed by atoms with Crippen LogP contribution in [0.2, 0.25) is 0 Å². The van der Waals surface area contributed by atoms with Crippen molar-refractivity contribution in [2.24, 2.45) is 7.05 Å². The number of hydrogen-bond acceptors (Lipinski definition) is 3. The third kappa shape index (κ3) is 3.19. The first-order valence-electron chi connectivity index (χ1n) is 5.72. The number of nitrogens with zero attached hydrogens (tertiary/aromatic N) is 2. The Morgan fingerprint density at radius 3 is 2.37 bits per heavy atom. The Labute approximate surface area is 110 Å². The Bertz CT molecular complexity index is 601. The van der Waals surface area contributed by atoms with Crippen LogP contribution in [0.25, 0.3) is 0 Å².